The molecule has 0 aromatic carbocycles. The average Bonchev–Trinajstić information content (AvgIpc) is 2.61. The van der Waals surface area contributed by atoms with Gasteiger partial charge in [0, 0.05) is 52.7 Å². The van der Waals surface area contributed by atoms with Crippen molar-refractivity contribution < 1.29 is 0 Å². The third-order valence-corrected chi connectivity index (χ3v) is 4.63. The molecular formula is C18H26N6. The molecule has 0 spiro atoms. The van der Waals surface area contributed by atoms with Crippen LogP contribution in [0.25, 0.3) is 0 Å². The lowest BCUT2D eigenvalue weighted by atomic mass is 10.0. The lowest BCUT2D eigenvalue weighted by Crippen LogP contribution is -2.47. The summed E-state index contributed by atoms with van der Waals surface area (Å²) in [6.45, 7) is 4.13. The quantitative estimate of drug-likeness (QED) is 0.859. The number of rotatable bonds is 4. The second-order valence-electron chi connectivity index (χ2n) is 6.61. The Morgan fingerprint density at radius 2 is 1.96 bits per heavy atom. The molecule has 0 N–H and O–H groups in total. The fraction of sp³-hybridized carbons (Fsp3) is 0.500. The molecule has 1 atom stereocenters. The van der Waals surface area contributed by atoms with E-state index in [4.69, 9.17) is 0 Å². The van der Waals surface area contributed by atoms with Crippen molar-refractivity contribution in [3.05, 3.63) is 36.2 Å². The third-order valence-electron chi connectivity index (χ3n) is 4.63. The monoisotopic (exact) mass is 326 g/mol. The molecule has 0 amide bonds. The Hall–Kier alpha value is -2.37. The molecule has 0 bridgehead atoms. The van der Waals surface area contributed by atoms with Gasteiger partial charge in [-0.15, -0.1) is 0 Å². The van der Waals surface area contributed by atoms with Gasteiger partial charge in [0.1, 0.15) is 11.6 Å². The summed E-state index contributed by atoms with van der Waals surface area (Å²) in [5.74, 6) is 2.81. The molecule has 0 saturated carbocycles. The smallest absolute Gasteiger partial charge is 0.227 e. The molecule has 24 heavy (non-hydrogen) atoms. The van der Waals surface area contributed by atoms with Gasteiger partial charge in [-0.1, -0.05) is 6.07 Å². The van der Waals surface area contributed by atoms with E-state index in [2.05, 4.69) is 44.8 Å². The van der Waals surface area contributed by atoms with Gasteiger partial charge in [-0.25, -0.2) is 9.97 Å². The lowest BCUT2D eigenvalue weighted by molar-refractivity contribution is 0.480. The number of anilines is 3. The van der Waals surface area contributed by atoms with Gasteiger partial charge in [0.2, 0.25) is 5.95 Å². The van der Waals surface area contributed by atoms with Gasteiger partial charge in [0.25, 0.3) is 0 Å². The van der Waals surface area contributed by atoms with Crippen LogP contribution < -0.4 is 14.7 Å². The fourth-order valence-electron chi connectivity index (χ4n) is 3.19. The van der Waals surface area contributed by atoms with Crippen LogP contribution in [-0.2, 0) is 0 Å². The molecule has 128 valence electrons. The van der Waals surface area contributed by atoms with E-state index in [1.165, 1.54) is 5.56 Å². The van der Waals surface area contributed by atoms with E-state index >= 15 is 0 Å². The van der Waals surface area contributed by atoms with E-state index in [1.807, 2.05) is 43.5 Å². The van der Waals surface area contributed by atoms with E-state index in [1.54, 1.807) is 0 Å². The van der Waals surface area contributed by atoms with Crippen molar-refractivity contribution in [1.82, 2.24) is 15.0 Å². The van der Waals surface area contributed by atoms with Crippen molar-refractivity contribution in [2.24, 2.45) is 0 Å². The maximum Gasteiger partial charge on any atom is 0.227 e. The Bertz CT molecular complexity index is 687. The van der Waals surface area contributed by atoms with Gasteiger partial charge in [-0.3, -0.25) is 0 Å². The van der Waals surface area contributed by atoms with Crippen LogP contribution in [-0.4, -0.2) is 55.2 Å². The van der Waals surface area contributed by atoms with E-state index in [-0.39, 0.29) is 0 Å². The fourth-order valence-corrected chi connectivity index (χ4v) is 3.19. The predicted octanol–water partition coefficient (Wildman–Crippen LogP) is 2.35. The largest absolute Gasteiger partial charge is 0.363 e. The Kier molecular flexibility index (Phi) is 4.83. The maximum absolute atomic E-state index is 4.67. The SMILES string of the molecule is Cc1cccnc1N1CCCC(N(C)c2nccc(N(C)C)n2)C1. The standard InChI is InChI=1S/C18H26N6/c1-14-7-5-10-19-17(14)24-12-6-8-15(13-24)23(4)18-20-11-9-16(21-18)22(2)3/h5,7,9-11,15H,6,8,12-13H2,1-4H3. The average molecular weight is 326 g/mol. The number of likely N-dealkylation sites (N-methyl/N-ethyl adjacent to an activating group) is 1. The summed E-state index contributed by atoms with van der Waals surface area (Å²) < 4.78 is 0. The molecule has 1 saturated heterocycles. The van der Waals surface area contributed by atoms with Gasteiger partial charge in [0.05, 0.1) is 0 Å². The Morgan fingerprint density at radius 1 is 1.12 bits per heavy atom. The van der Waals surface area contributed by atoms with E-state index < -0.39 is 0 Å². The molecule has 0 aliphatic carbocycles. The van der Waals surface area contributed by atoms with Crippen LogP contribution in [0.2, 0.25) is 0 Å². The van der Waals surface area contributed by atoms with Crippen LogP contribution in [0.1, 0.15) is 18.4 Å². The first-order chi connectivity index (χ1) is 11.6. The van der Waals surface area contributed by atoms with Crippen molar-refractivity contribution in [1.29, 1.82) is 0 Å². The van der Waals surface area contributed by atoms with Gasteiger partial charge in [0.15, 0.2) is 0 Å². The van der Waals surface area contributed by atoms with E-state index in [0.29, 0.717) is 6.04 Å². The number of piperidine rings is 1. The molecule has 6 heteroatoms. The summed E-state index contributed by atoms with van der Waals surface area (Å²) in [7, 11) is 6.09. The molecule has 1 fully saturated rings. The van der Waals surface area contributed by atoms with Crippen LogP contribution in [0.4, 0.5) is 17.6 Å². The topological polar surface area (TPSA) is 48.4 Å². The molecular weight excluding hydrogens is 300 g/mol. The Labute approximate surface area is 144 Å². The third kappa shape index (κ3) is 3.42. The molecule has 0 radical (unpaired) electrons. The molecule has 2 aromatic rings. The number of pyridine rings is 1. The summed E-state index contributed by atoms with van der Waals surface area (Å²) in [5.41, 5.74) is 1.23. The second kappa shape index (κ2) is 7.03. The molecule has 1 aliphatic heterocycles. The molecule has 1 unspecified atom stereocenters. The minimum atomic E-state index is 0.387. The predicted molar refractivity (Wildman–Crippen MR) is 99.0 cm³/mol. The van der Waals surface area contributed by atoms with Gasteiger partial charge in [-0.2, -0.15) is 4.98 Å². The lowest BCUT2D eigenvalue weighted by Gasteiger charge is -2.38. The highest BCUT2D eigenvalue weighted by molar-refractivity contribution is 5.48. The molecule has 2 aromatic heterocycles. The summed E-state index contributed by atoms with van der Waals surface area (Å²) in [6.07, 6.45) is 6.00. The first kappa shape index (κ1) is 16.5. The van der Waals surface area contributed by atoms with Crippen molar-refractivity contribution in [3.8, 4) is 0 Å². The van der Waals surface area contributed by atoms with Crippen LogP contribution >= 0.6 is 0 Å². The van der Waals surface area contributed by atoms with Crippen molar-refractivity contribution in [2.45, 2.75) is 25.8 Å². The molecule has 3 heterocycles. The molecule has 3 rings (SSSR count). The van der Waals surface area contributed by atoms with E-state index in [0.717, 1.165) is 43.5 Å². The summed E-state index contributed by atoms with van der Waals surface area (Å²) in [5, 5.41) is 0. The van der Waals surface area contributed by atoms with Crippen LogP contribution in [0.15, 0.2) is 30.6 Å². The number of aromatic nitrogens is 3. The number of hydrogen-bond acceptors (Lipinski definition) is 6. The minimum absolute atomic E-state index is 0.387. The van der Waals surface area contributed by atoms with Gasteiger partial charge >= 0.3 is 0 Å². The van der Waals surface area contributed by atoms with Crippen LogP contribution in [0, 0.1) is 6.92 Å². The summed E-state index contributed by atoms with van der Waals surface area (Å²) in [6, 6.07) is 6.44. The van der Waals surface area contributed by atoms with Crippen molar-refractivity contribution >= 4 is 17.6 Å². The van der Waals surface area contributed by atoms with Crippen molar-refractivity contribution in [3.63, 3.8) is 0 Å². The Morgan fingerprint density at radius 3 is 2.71 bits per heavy atom. The minimum Gasteiger partial charge on any atom is -0.363 e. The second-order valence-corrected chi connectivity index (χ2v) is 6.61. The number of hydrogen-bond donors (Lipinski definition) is 0. The van der Waals surface area contributed by atoms with Gasteiger partial charge in [-0.05, 0) is 37.5 Å². The van der Waals surface area contributed by atoms with E-state index in [9.17, 15) is 0 Å². The zero-order chi connectivity index (χ0) is 17.1. The highest BCUT2D eigenvalue weighted by atomic mass is 15.3. The maximum atomic E-state index is 4.67. The summed E-state index contributed by atoms with van der Waals surface area (Å²) >= 11 is 0. The van der Waals surface area contributed by atoms with Gasteiger partial charge < -0.3 is 14.7 Å². The highest BCUT2D eigenvalue weighted by Crippen LogP contribution is 2.24. The highest BCUT2D eigenvalue weighted by Gasteiger charge is 2.26. The zero-order valence-electron chi connectivity index (χ0n) is 15.0. The molecule has 6 nitrogen and oxygen atoms in total. The zero-order valence-corrected chi connectivity index (χ0v) is 15.0. The first-order valence-electron chi connectivity index (χ1n) is 8.46. The number of nitrogens with zero attached hydrogens (tertiary/aromatic N) is 6. The van der Waals surface area contributed by atoms with Crippen LogP contribution in [0.5, 0.6) is 0 Å². The normalized spacial score (nSPS) is 17.7. The van der Waals surface area contributed by atoms with Crippen LogP contribution in [0.3, 0.4) is 0 Å². The van der Waals surface area contributed by atoms with Crippen molar-refractivity contribution in [2.75, 3.05) is 48.9 Å². The summed E-state index contributed by atoms with van der Waals surface area (Å²) in [4.78, 5) is 20.3. The Balaban J connectivity index is 1.77. The number of aryl methyl sites for hydroxylation is 1. The molecule has 1 aliphatic rings. The first-order valence-corrected chi connectivity index (χ1v) is 8.46.